The summed E-state index contributed by atoms with van der Waals surface area (Å²) in [4.78, 5) is 23.7. The molecule has 0 saturated carbocycles. The summed E-state index contributed by atoms with van der Waals surface area (Å²) >= 11 is 0. The van der Waals surface area contributed by atoms with Crippen LogP contribution in [0.5, 0.6) is 0 Å². The number of nitrogens with one attached hydrogen (secondary N) is 2. The minimum absolute atomic E-state index is 0.0300. The molecule has 0 spiro atoms. The van der Waals surface area contributed by atoms with Crippen molar-refractivity contribution in [2.75, 3.05) is 13.7 Å². The van der Waals surface area contributed by atoms with Crippen molar-refractivity contribution in [2.24, 2.45) is 0 Å². The highest BCUT2D eigenvalue weighted by Crippen LogP contribution is 2.14. The first-order valence-corrected chi connectivity index (χ1v) is 7.97. The second kappa shape index (κ2) is 9.04. The van der Waals surface area contributed by atoms with Crippen molar-refractivity contribution in [3.63, 3.8) is 0 Å². The molecule has 0 aromatic heterocycles. The molecule has 1 aromatic carbocycles. The fraction of sp³-hybridized carbons (Fsp3) is 0.500. The van der Waals surface area contributed by atoms with Gasteiger partial charge in [0.25, 0.3) is 0 Å². The Hall–Kier alpha value is -2.59. The zero-order valence-corrected chi connectivity index (χ0v) is 15.3. The molecule has 0 heterocycles. The number of amides is 1. The van der Waals surface area contributed by atoms with E-state index < -0.39 is 23.7 Å². The van der Waals surface area contributed by atoms with Crippen molar-refractivity contribution in [3.05, 3.63) is 35.4 Å². The number of hydrogen-bond acceptors (Lipinski definition) is 6. The molecular weight excluding hydrogens is 322 g/mol. The first kappa shape index (κ1) is 20.5. The van der Waals surface area contributed by atoms with Gasteiger partial charge in [0.15, 0.2) is 0 Å². The van der Waals surface area contributed by atoms with Gasteiger partial charge in [-0.1, -0.05) is 12.1 Å². The molecule has 7 nitrogen and oxygen atoms in total. The Morgan fingerprint density at radius 3 is 2.32 bits per heavy atom. The Bertz CT molecular complexity index is 629. The van der Waals surface area contributed by atoms with E-state index >= 15 is 0 Å². The molecule has 0 aliphatic carbocycles. The van der Waals surface area contributed by atoms with Crippen molar-refractivity contribution in [1.82, 2.24) is 10.6 Å². The molecule has 1 aromatic rings. The molecule has 7 heteroatoms. The highest BCUT2D eigenvalue weighted by Gasteiger charge is 2.24. The van der Waals surface area contributed by atoms with Gasteiger partial charge in [-0.25, -0.2) is 4.79 Å². The molecule has 2 unspecified atom stereocenters. The number of benzene rings is 1. The van der Waals surface area contributed by atoms with Crippen molar-refractivity contribution in [1.29, 1.82) is 5.26 Å². The van der Waals surface area contributed by atoms with Crippen LogP contribution in [0.2, 0.25) is 0 Å². The molecule has 136 valence electrons. The maximum atomic E-state index is 12.0. The van der Waals surface area contributed by atoms with Crippen LogP contribution in [0.1, 0.15) is 44.9 Å². The number of rotatable bonds is 6. The van der Waals surface area contributed by atoms with Crippen molar-refractivity contribution < 1.29 is 19.1 Å². The van der Waals surface area contributed by atoms with Gasteiger partial charge < -0.3 is 14.8 Å². The van der Waals surface area contributed by atoms with Gasteiger partial charge in [-0.2, -0.15) is 5.26 Å². The summed E-state index contributed by atoms with van der Waals surface area (Å²) in [6, 6.07) is 8.18. The lowest BCUT2D eigenvalue weighted by Gasteiger charge is -2.24. The van der Waals surface area contributed by atoms with E-state index in [9.17, 15) is 9.59 Å². The molecular formula is C18H25N3O4. The van der Waals surface area contributed by atoms with Crippen molar-refractivity contribution in [2.45, 2.75) is 45.4 Å². The summed E-state index contributed by atoms with van der Waals surface area (Å²) in [5.74, 6) is -0.489. The average Bonchev–Trinajstić information content (AvgIpc) is 2.56. The van der Waals surface area contributed by atoms with Crippen LogP contribution in [0, 0.1) is 11.3 Å². The van der Waals surface area contributed by atoms with Crippen LogP contribution in [0.15, 0.2) is 24.3 Å². The van der Waals surface area contributed by atoms with Gasteiger partial charge in [-0.15, -0.1) is 0 Å². The van der Waals surface area contributed by atoms with E-state index in [-0.39, 0.29) is 12.6 Å². The van der Waals surface area contributed by atoms with E-state index in [2.05, 4.69) is 16.7 Å². The van der Waals surface area contributed by atoms with E-state index in [4.69, 9.17) is 14.7 Å². The number of esters is 1. The summed E-state index contributed by atoms with van der Waals surface area (Å²) < 4.78 is 9.94. The van der Waals surface area contributed by atoms with E-state index in [0.717, 1.165) is 5.56 Å². The summed E-state index contributed by atoms with van der Waals surface area (Å²) in [5, 5.41) is 14.5. The fourth-order valence-corrected chi connectivity index (χ4v) is 2.10. The largest absolute Gasteiger partial charge is 0.468 e. The highest BCUT2D eigenvalue weighted by atomic mass is 16.6. The quantitative estimate of drug-likeness (QED) is 0.766. The van der Waals surface area contributed by atoms with Gasteiger partial charge in [-0.3, -0.25) is 10.1 Å². The lowest BCUT2D eigenvalue weighted by Crippen LogP contribution is -2.48. The first-order chi connectivity index (χ1) is 11.7. The normalized spacial score (nSPS) is 13.3. The Morgan fingerprint density at radius 2 is 1.84 bits per heavy atom. The highest BCUT2D eigenvalue weighted by molar-refractivity contribution is 5.77. The zero-order valence-electron chi connectivity index (χ0n) is 15.3. The van der Waals surface area contributed by atoms with E-state index in [0.29, 0.717) is 5.56 Å². The third kappa shape index (κ3) is 7.23. The van der Waals surface area contributed by atoms with Crippen LogP contribution >= 0.6 is 0 Å². The monoisotopic (exact) mass is 347 g/mol. The van der Waals surface area contributed by atoms with Crippen molar-refractivity contribution in [3.8, 4) is 6.07 Å². The molecule has 0 saturated heterocycles. The summed E-state index contributed by atoms with van der Waals surface area (Å²) in [5.41, 5.74) is 0.853. The molecule has 0 aliphatic heterocycles. The van der Waals surface area contributed by atoms with E-state index in [1.165, 1.54) is 7.11 Å². The standard InChI is InChI=1S/C18H25N3O4/c1-12(14-8-6-13(10-19)7-9-14)21-15(16(22)24-5)11-20-17(23)25-18(2,3)4/h6-9,12,15,21H,11H2,1-5H3,(H,20,23). The summed E-state index contributed by atoms with van der Waals surface area (Å²) in [6.07, 6.45) is -0.603. The summed E-state index contributed by atoms with van der Waals surface area (Å²) in [7, 11) is 1.29. The van der Waals surface area contributed by atoms with Gasteiger partial charge >= 0.3 is 12.1 Å². The second-order valence-corrected chi connectivity index (χ2v) is 6.58. The second-order valence-electron chi connectivity index (χ2n) is 6.58. The molecule has 2 N–H and O–H groups in total. The molecule has 0 aliphatic rings. The van der Waals surface area contributed by atoms with Gasteiger partial charge in [-0.05, 0) is 45.4 Å². The molecule has 25 heavy (non-hydrogen) atoms. The lowest BCUT2D eigenvalue weighted by atomic mass is 10.1. The first-order valence-electron chi connectivity index (χ1n) is 7.97. The lowest BCUT2D eigenvalue weighted by molar-refractivity contribution is -0.143. The predicted octanol–water partition coefficient (Wildman–Crippen LogP) is 2.28. The number of hydrogen-bond donors (Lipinski definition) is 2. The SMILES string of the molecule is COC(=O)C(CNC(=O)OC(C)(C)C)NC(C)c1ccc(C#N)cc1. The Kier molecular flexibility index (Phi) is 7.40. The number of nitrogens with zero attached hydrogens (tertiary/aromatic N) is 1. The third-order valence-electron chi connectivity index (χ3n) is 3.33. The number of carbonyl (C=O) groups is 2. The Balaban J connectivity index is 2.70. The number of nitriles is 1. The molecule has 2 atom stereocenters. The van der Waals surface area contributed by atoms with Gasteiger partial charge in [0.2, 0.25) is 0 Å². The zero-order chi connectivity index (χ0) is 19.0. The maximum Gasteiger partial charge on any atom is 0.407 e. The molecule has 0 radical (unpaired) electrons. The molecule has 1 rings (SSSR count). The summed E-state index contributed by atoms with van der Waals surface area (Å²) in [6.45, 7) is 7.19. The molecule has 1 amide bonds. The Labute approximate surface area is 148 Å². The van der Waals surface area contributed by atoms with Crippen LogP contribution in [0.3, 0.4) is 0 Å². The number of carbonyl (C=O) groups excluding carboxylic acids is 2. The smallest absolute Gasteiger partial charge is 0.407 e. The molecule has 0 bridgehead atoms. The number of ether oxygens (including phenoxy) is 2. The van der Waals surface area contributed by atoms with E-state index in [1.54, 1.807) is 32.9 Å². The minimum atomic E-state index is -0.733. The number of methoxy groups -OCH3 is 1. The van der Waals surface area contributed by atoms with Crippen LogP contribution in [-0.4, -0.2) is 37.4 Å². The van der Waals surface area contributed by atoms with Gasteiger partial charge in [0, 0.05) is 12.6 Å². The topological polar surface area (TPSA) is 100 Å². The van der Waals surface area contributed by atoms with Crippen LogP contribution < -0.4 is 10.6 Å². The van der Waals surface area contributed by atoms with E-state index in [1.807, 2.05) is 19.1 Å². The van der Waals surface area contributed by atoms with Crippen LogP contribution in [0.25, 0.3) is 0 Å². The van der Waals surface area contributed by atoms with Crippen molar-refractivity contribution >= 4 is 12.1 Å². The Morgan fingerprint density at radius 1 is 1.24 bits per heavy atom. The number of alkyl carbamates (subject to hydrolysis) is 1. The van der Waals surface area contributed by atoms with Gasteiger partial charge in [0.05, 0.1) is 18.7 Å². The van der Waals surface area contributed by atoms with Crippen LogP contribution in [0.4, 0.5) is 4.79 Å². The third-order valence-corrected chi connectivity index (χ3v) is 3.33. The van der Waals surface area contributed by atoms with Gasteiger partial charge in [0.1, 0.15) is 11.6 Å². The fourth-order valence-electron chi connectivity index (χ4n) is 2.10. The molecule has 0 fully saturated rings. The minimum Gasteiger partial charge on any atom is -0.468 e. The maximum absolute atomic E-state index is 12.0. The average molecular weight is 347 g/mol. The predicted molar refractivity (Wildman–Crippen MR) is 92.7 cm³/mol. The van der Waals surface area contributed by atoms with Crippen LogP contribution in [-0.2, 0) is 14.3 Å².